The largest absolute Gasteiger partial charge is 0.381 e. The lowest BCUT2D eigenvalue weighted by Crippen LogP contribution is -2.36. The van der Waals surface area contributed by atoms with Gasteiger partial charge < -0.3 is 10.1 Å². The second-order valence-corrected chi connectivity index (χ2v) is 5.74. The molecule has 3 rings (SSSR count). The van der Waals surface area contributed by atoms with Crippen molar-refractivity contribution >= 4 is 0 Å². The number of fused-ring (bicyclic) bond motifs is 1. The Bertz CT molecular complexity index is 427. The molecule has 0 aliphatic carbocycles. The Labute approximate surface area is 115 Å². The molecule has 0 unspecified atom stereocenters. The van der Waals surface area contributed by atoms with Gasteiger partial charge in [0, 0.05) is 32.3 Å². The van der Waals surface area contributed by atoms with Crippen LogP contribution in [0.3, 0.4) is 0 Å². The van der Waals surface area contributed by atoms with Crippen molar-refractivity contribution in [2.24, 2.45) is 0 Å². The predicted octanol–water partition coefficient (Wildman–Crippen LogP) is 1.94. The van der Waals surface area contributed by atoms with Gasteiger partial charge in [-0.15, -0.1) is 0 Å². The predicted molar refractivity (Wildman–Crippen MR) is 77.2 cm³/mol. The van der Waals surface area contributed by atoms with E-state index in [0.717, 1.165) is 32.8 Å². The number of hydrogen-bond acceptors (Lipinski definition) is 3. The molecule has 0 saturated carbocycles. The Hall–Kier alpha value is -0.900. The first-order valence-electron chi connectivity index (χ1n) is 7.43. The summed E-state index contributed by atoms with van der Waals surface area (Å²) in [4.78, 5) is 2.51. The second kappa shape index (κ2) is 6.04. The van der Waals surface area contributed by atoms with Crippen molar-refractivity contribution in [3.8, 4) is 0 Å². The van der Waals surface area contributed by atoms with Gasteiger partial charge in [-0.1, -0.05) is 18.2 Å². The van der Waals surface area contributed by atoms with Crippen LogP contribution in [0.25, 0.3) is 0 Å². The molecule has 1 aromatic carbocycles. The van der Waals surface area contributed by atoms with E-state index in [1.165, 1.54) is 30.4 Å². The molecule has 19 heavy (non-hydrogen) atoms. The number of ether oxygens (including phenoxy) is 1. The lowest BCUT2D eigenvalue weighted by Gasteiger charge is -2.32. The fourth-order valence-corrected chi connectivity index (χ4v) is 3.28. The molecule has 104 valence electrons. The summed E-state index contributed by atoms with van der Waals surface area (Å²) in [7, 11) is 2.26. The molecule has 0 amide bonds. The van der Waals surface area contributed by atoms with Gasteiger partial charge in [0.1, 0.15) is 0 Å². The van der Waals surface area contributed by atoms with E-state index in [2.05, 4.69) is 35.5 Å². The highest BCUT2D eigenvalue weighted by molar-refractivity contribution is 5.37. The first-order valence-corrected chi connectivity index (χ1v) is 7.43. The molecule has 2 aliphatic heterocycles. The van der Waals surface area contributed by atoms with Gasteiger partial charge in [-0.25, -0.2) is 0 Å². The van der Waals surface area contributed by atoms with Crippen LogP contribution >= 0.6 is 0 Å². The lowest BCUT2D eigenvalue weighted by molar-refractivity contribution is 0.0406. The zero-order valence-electron chi connectivity index (χ0n) is 11.8. The number of nitrogens with zero attached hydrogens (tertiary/aromatic N) is 1. The van der Waals surface area contributed by atoms with Gasteiger partial charge >= 0.3 is 0 Å². The molecular formula is C16H24N2O. The summed E-state index contributed by atoms with van der Waals surface area (Å²) in [5.74, 6) is 0. The highest BCUT2D eigenvalue weighted by Crippen LogP contribution is 2.22. The number of rotatable bonds is 3. The molecule has 0 radical (unpaired) electrons. The van der Waals surface area contributed by atoms with Gasteiger partial charge in [0.05, 0.1) is 0 Å². The minimum atomic E-state index is 0.686. The quantitative estimate of drug-likeness (QED) is 0.899. The SMILES string of the molecule is CN(Cc1cccc2c1CCNC2)C1CCOCC1. The van der Waals surface area contributed by atoms with E-state index >= 15 is 0 Å². The summed E-state index contributed by atoms with van der Waals surface area (Å²) >= 11 is 0. The maximum atomic E-state index is 5.46. The first-order chi connectivity index (χ1) is 9.34. The van der Waals surface area contributed by atoms with Crippen molar-refractivity contribution in [3.63, 3.8) is 0 Å². The normalized spacial score (nSPS) is 20.5. The molecule has 1 N–H and O–H groups in total. The van der Waals surface area contributed by atoms with Crippen molar-refractivity contribution in [3.05, 3.63) is 34.9 Å². The van der Waals surface area contributed by atoms with E-state index in [1.54, 1.807) is 5.56 Å². The molecule has 0 aromatic heterocycles. The second-order valence-electron chi connectivity index (χ2n) is 5.74. The average molecular weight is 260 g/mol. The molecule has 0 bridgehead atoms. The average Bonchev–Trinajstić information content (AvgIpc) is 2.48. The molecule has 3 nitrogen and oxygen atoms in total. The van der Waals surface area contributed by atoms with Gasteiger partial charge in [0.2, 0.25) is 0 Å². The third-order valence-corrected chi connectivity index (χ3v) is 4.47. The Kier molecular flexibility index (Phi) is 4.16. The Morgan fingerprint density at radius 3 is 3.00 bits per heavy atom. The maximum Gasteiger partial charge on any atom is 0.0480 e. The van der Waals surface area contributed by atoms with E-state index in [0.29, 0.717) is 6.04 Å². The van der Waals surface area contributed by atoms with Crippen molar-refractivity contribution in [2.45, 2.75) is 38.4 Å². The summed E-state index contributed by atoms with van der Waals surface area (Å²) in [6.07, 6.45) is 3.52. The summed E-state index contributed by atoms with van der Waals surface area (Å²) in [6.45, 7) is 5.07. The topological polar surface area (TPSA) is 24.5 Å². The monoisotopic (exact) mass is 260 g/mol. The summed E-state index contributed by atoms with van der Waals surface area (Å²) in [5.41, 5.74) is 4.59. The highest BCUT2D eigenvalue weighted by Gasteiger charge is 2.20. The Morgan fingerprint density at radius 2 is 2.16 bits per heavy atom. The van der Waals surface area contributed by atoms with Crippen LogP contribution in [0.4, 0.5) is 0 Å². The summed E-state index contributed by atoms with van der Waals surface area (Å²) < 4.78 is 5.46. The smallest absolute Gasteiger partial charge is 0.0480 e. The highest BCUT2D eigenvalue weighted by atomic mass is 16.5. The van der Waals surface area contributed by atoms with Gasteiger partial charge in [-0.2, -0.15) is 0 Å². The third-order valence-electron chi connectivity index (χ3n) is 4.47. The Morgan fingerprint density at radius 1 is 1.32 bits per heavy atom. The van der Waals surface area contributed by atoms with Gasteiger partial charge in [0.15, 0.2) is 0 Å². The fraction of sp³-hybridized carbons (Fsp3) is 0.625. The number of nitrogens with one attached hydrogen (secondary N) is 1. The first kappa shape index (κ1) is 13.1. The molecule has 0 atom stereocenters. The number of hydrogen-bond donors (Lipinski definition) is 1. The summed E-state index contributed by atoms with van der Waals surface area (Å²) in [6, 6.07) is 7.46. The van der Waals surface area contributed by atoms with Crippen LogP contribution in [0.1, 0.15) is 29.5 Å². The van der Waals surface area contributed by atoms with Crippen molar-refractivity contribution in [1.29, 1.82) is 0 Å². The van der Waals surface area contributed by atoms with Crippen LogP contribution < -0.4 is 5.32 Å². The van der Waals surface area contributed by atoms with E-state index in [9.17, 15) is 0 Å². The molecule has 2 heterocycles. The molecule has 2 aliphatic rings. The third kappa shape index (κ3) is 2.99. The van der Waals surface area contributed by atoms with E-state index < -0.39 is 0 Å². The van der Waals surface area contributed by atoms with E-state index in [4.69, 9.17) is 4.74 Å². The van der Waals surface area contributed by atoms with E-state index in [-0.39, 0.29) is 0 Å². The lowest BCUT2D eigenvalue weighted by atomic mass is 9.94. The minimum absolute atomic E-state index is 0.686. The van der Waals surface area contributed by atoms with Crippen molar-refractivity contribution < 1.29 is 4.74 Å². The standard InChI is InChI=1S/C16H24N2O/c1-18(15-6-9-19-10-7-15)12-14-4-2-3-13-11-17-8-5-16(13)14/h2-4,15,17H,5-12H2,1H3. The van der Waals surface area contributed by atoms with Crippen LogP contribution in [-0.2, 0) is 24.2 Å². The van der Waals surface area contributed by atoms with Crippen LogP contribution in [0.15, 0.2) is 18.2 Å². The molecule has 3 heteroatoms. The molecule has 1 saturated heterocycles. The molecule has 1 fully saturated rings. The van der Waals surface area contributed by atoms with Crippen LogP contribution in [-0.4, -0.2) is 37.7 Å². The maximum absolute atomic E-state index is 5.46. The number of benzene rings is 1. The Balaban J connectivity index is 1.72. The van der Waals surface area contributed by atoms with Crippen molar-refractivity contribution in [2.75, 3.05) is 26.8 Å². The van der Waals surface area contributed by atoms with Gasteiger partial charge in [-0.05, 0) is 49.5 Å². The molecular weight excluding hydrogens is 236 g/mol. The van der Waals surface area contributed by atoms with Crippen LogP contribution in [0.5, 0.6) is 0 Å². The van der Waals surface area contributed by atoms with Crippen LogP contribution in [0, 0.1) is 0 Å². The zero-order valence-corrected chi connectivity index (χ0v) is 11.8. The molecule has 1 aromatic rings. The fourth-order valence-electron chi connectivity index (χ4n) is 3.28. The van der Waals surface area contributed by atoms with Gasteiger partial charge in [0.25, 0.3) is 0 Å². The minimum Gasteiger partial charge on any atom is -0.381 e. The zero-order chi connectivity index (χ0) is 13.1. The van der Waals surface area contributed by atoms with Crippen LogP contribution in [0.2, 0.25) is 0 Å². The molecule has 0 spiro atoms. The van der Waals surface area contributed by atoms with Gasteiger partial charge in [-0.3, -0.25) is 4.90 Å². The van der Waals surface area contributed by atoms with E-state index in [1.807, 2.05) is 0 Å². The summed E-state index contributed by atoms with van der Waals surface area (Å²) in [5, 5.41) is 3.45. The van der Waals surface area contributed by atoms with Crippen molar-refractivity contribution in [1.82, 2.24) is 10.2 Å².